The van der Waals surface area contributed by atoms with Crippen LogP contribution in [-0.4, -0.2) is 26.6 Å². The lowest BCUT2D eigenvalue weighted by atomic mass is 10.3. The smallest absolute Gasteiger partial charge is 0.316 e. The molecule has 15 heavy (non-hydrogen) atoms. The molecule has 0 aliphatic carbocycles. The number of aromatic nitrogens is 3. The molecule has 1 atom stereocenters. The Morgan fingerprint density at radius 2 is 2.53 bits per heavy atom. The zero-order chi connectivity index (χ0) is 11.3. The van der Waals surface area contributed by atoms with Gasteiger partial charge in [-0.05, 0) is 13.3 Å². The maximum absolute atomic E-state index is 11.2. The summed E-state index contributed by atoms with van der Waals surface area (Å²) < 4.78 is 1.54. The molecule has 1 rings (SSSR count). The molecule has 1 aromatic heterocycles. The van der Waals surface area contributed by atoms with E-state index in [0.717, 1.165) is 0 Å². The van der Waals surface area contributed by atoms with Crippen LogP contribution in [0.15, 0.2) is 9.95 Å². The summed E-state index contributed by atoms with van der Waals surface area (Å²) in [4.78, 5) is 11.2. The molecule has 1 aromatic rings. The van der Waals surface area contributed by atoms with Crippen LogP contribution in [0.3, 0.4) is 0 Å². The number of hydrogen-bond acceptors (Lipinski definition) is 5. The Hall–Kier alpha value is -1.26. The molecule has 0 radical (unpaired) electrons. The van der Waals surface area contributed by atoms with Crippen molar-refractivity contribution in [1.29, 1.82) is 5.26 Å². The zero-order valence-corrected chi connectivity index (χ0v) is 9.25. The van der Waals surface area contributed by atoms with Crippen molar-refractivity contribution in [2.45, 2.75) is 31.1 Å². The van der Waals surface area contributed by atoms with Gasteiger partial charge < -0.3 is 5.73 Å². The van der Waals surface area contributed by atoms with Crippen molar-refractivity contribution >= 4 is 11.8 Å². The van der Waals surface area contributed by atoms with Crippen molar-refractivity contribution < 1.29 is 0 Å². The van der Waals surface area contributed by atoms with Gasteiger partial charge in [0, 0.05) is 12.3 Å². The van der Waals surface area contributed by atoms with Crippen molar-refractivity contribution in [3.63, 3.8) is 0 Å². The van der Waals surface area contributed by atoms with Gasteiger partial charge in [0.15, 0.2) is 5.16 Å². The summed E-state index contributed by atoms with van der Waals surface area (Å²) in [5.41, 5.74) is 5.24. The molecule has 0 aliphatic rings. The lowest BCUT2D eigenvalue weighted by molar-refractivity contribution is 0.659. The van der Waals surface area contributed by atoms with Gasteiger partial charge in [0.05, 0.1) is 12.1 Å². The fourth-order valence-electron chi connectivity index (χ4n) is 1.03. The van der Waals surface area contributed by atoms with Gasteiger partial charge in [-0.1, -0.05) is 11.8 Å². The monoisotopic (exact) mass is 227 g/mol. The van der Waals surface area contributed by atoms with Crippen LogP contribution < -0.4 is 11.4 Å². The van der Waals surface area contributed by atoms with Crippen LogP contribution in [0.5, 0.6) is 0 Å². The Balaban J connectivity index is 2.51. The molecule has 0 fully saturated rings. The van der Waals surface area contributed by atoms with E-state index in [9.17, 15) is 4.79 Å². The third kappa shape index (κ3) is 3.11. The Morgan fingerprint density at radius 1 is 1.80 bits per heavy atom. The van der Waals surface area contributed by atoms with Gasteiger partial charge in [-0.25, -0.2) is 9.89 Å². The first-order chi connectivity index (χ1) is 7.19. The minimum atomic E-state index is -0.446. The minimum Gasteiger partial charge on any atom is -0.316 e. The van der Waals surface area contributed by atoms with E-state index in [1.807, 2.05) is 13.0 Å². The molecule has 0 bridgehead atoms. The summed E-state index contributed by atoms with van der Waals surface area (Å²) in [5.74, 6) is 0.680. The molecule has 0 saturated heterocycles. The van der Waals surface area contributed by atoms with Gasteiger partial charge in [0.2, 0.25) is 0 Å². The van der Waals surface area contributed by atoms with Crippen molar-refractivity contribution in [2.75, 3.05) is 5.75 Å². The quantitative estimate of drug-likeness (QED) is 0.685. The van der Waals surface area contributed by atoms with Crippen LogP contribution in [0.25, 0.3) is 0 Å². The fourth-order valence-corrected chi connectivity index (χ4v) is 2.07. The molecule has 1 unspecified atom stereocenters. The van der Waals surface area contributed by atoms with E-state index in [2.05, 4.69) is 10.2 Å². The number of nitrogens with one attached hydrogen (secondary N) is 1. The number of nitrogens with two attached hydrogens (primary N) is 1. The first-order valence-electron chi connectivity index (χ1n) is 4.62. The van der Waals surface area contributed by atoms with Crippen molar-refractivity contribution in [1.82, 2.24) is 14.8 Å². The third-order valence-electron chi connectivity index (χ3n) is 1.87. The third-order valence-corrected chi connectivity index (χ3v) is 2.88. The molecule has 0 aliphatic heterocycles. The second-order valence-electron chi connectivity index (χ2n) is 2.93. The van der Waals surface area contributed by atoms with E-state index < -0.39 is 6.04 Å². The molecule has 3 N–H and O–H groups in total. The molecule has 0 spiro atoms. The highest BCUT2D eigenvalue weighted by Crippen LogP contribution is 2.14. The lowest BCUT2D eigenvalue weighted by Crippen LogP contribution is -2.18. The molecule has 0 aromatic carbocycles. The summed E-state index contributed by atoms with van der Waals surface area (Å²) in [6, 6.07) is 1.51. The maximum atomic E-state index is 11.2. The molecule has 82 valence electrons. The summed E-state index contributed by atoms with van der Waals surface area (Å²) in [6.45, 7) is 2.46. The van der Waals surface area contributed by atoms with Crippen LogP contribution >= 0.6 is 11.8 Å². The van der Waals surface area contributed by atoms with Gasteiger partial charge in [-0.2, -0.15) is 5.26 Å². The second kappa shape index (κ2) is 5.58. The van der Waals surface area contributed by atoms with Crippen LogP contribution in [0.1, 0.15) is 13.3 Å². The second-order valence-corrected chi connectivity index (χ2v) is 3.99. The highest BCUT2D eigenvalue weighted by atomic mass is 32.2. The molecular weight excluding hydrogens is 214 g/mol. The van der Waals surface area contributed by atoms with E-state index in [1.54, 1.807) is 4.57 Å². The Morgan fingerprint density at radius 3 is 3.13 bits per heavy atom. The number of nitrogens with zero attached hydrogens (tertiary/aromatic N) is 3. The first-order valence-corrected chi connectivity index (χ1v) is 5.60. The van der Waals surface area contributed by atoms with E-state index >= 15 is 0 Å². The van der Waals surface area contributed by atoms with Crippen LogP contribution in [0, 0.1) is 11.3 Å². The van der Waals surface area contributed by atoms with Crippen LogP contribution in [0.2, 0.25) is 0 Å². The van der Waals surface area contributed by atoms with Crippen LogP contribution in [0.4, 0.5) is 0 Å². The van der Waals surface area contributed by atoms with Gasteiger partial charge in [0.1, 0.15) is 0 Å². The predicted octanol–water partition coefficient (Wildman–Crippen LogP) is -0.0756. The van der Waals surface area contributed by atoms with E-state index in [0.29, 0.717) is 23.9 Å². The average Bonchev–Trinajstić information content (AvgIpc) is 2.59. The molecule has 0 amide bonds. The standard InChI is InChI=1S/C8H13N5OS/c1-2-13-7(14)11-12-8(13)15-4-3-6(10)5-9/h6H,2-4,10H2,1H3,(H,11,14). The van der Waals surface area contributed by atoms with Crippen molar-refractivity contribution in [3.8, 4) is 6.07 Å². The van der Waals surface area contributed by atoms with Crippen LogP contribution in [-0.2, 0) is 6.54 Å². The summed E-state index contributed by atoms with van der Waals surface area (Å²) in [6.07, 6.45) is 0.589. The Kier molecular flexibility index (Phi) is 4.39. The SMILES string of the molecule is CCn1c(SCCC(N)C#N)n[nH]c1=O. The summed E-state index contributed by atoms with van der Waals surface area (Å²) >= 11 is 1.43. The number of hydrogen-bond donors (Lipinski definition) is 2. The first kappa shape index (κ1) is 11.8. The summed E-state index contributed by atoms with van der Waals surface area (Å²) in [5, 5.41) is 15.4. The van der Waals surface area contributed by atoms with Crippen molar-refractivity contribution in [3.05, 3.63) is 10.5 Å². The molecule has 7 heteroatoms. The van der Waals surface area contributed by atoms with E-state index in [1.165, 1.54) is 11.8 Å². The van der Waals surface area contributed by atoms with Gasteiger partial charge in [0.25, 0.3) is 0 Å². The number of nitriles is 1. The largest absolute Gasteiger partial charge is 0.343 e. The van der Waals surface area contributed by atoms with Gasteiger partial charge in [-0.3, -0.25) is 4.57 Å². The average molecular weight is 227 g/mol. The molecular formula is C8H13N5OS. The van der Waals surface area contributed by atoms with Gasteiger partial charge in [-0.15, -0.1) is 5.10 Å². The maximum Gasteiger partial charge on any atom is 0.343 e. The molecule has 1 heterocycles. The molecule has 6 nitrogen and oxygen atoms in total. The number of H-pyrrole nitrogens is 1. The normalized spacial score (nSPS) is 12.3. The highest BCUT2D eigenvalue weighted by molar-refractivity contribution is 7.99. The number of aromatic amines is 1. The number of thioether (sulfide) groups is 1. The topological polar surface area (TPSA) is 100 Å². The van der Waals surface area contributed by atoms with Crippen molar-refractivity contribution in [2.24, 2.45) is 5.73 Å². The summed E-state index contributed by atoms with van der Waals surface area (Å²) in [7, 11) is 0. The number of rotatable bonds is 5. The van der Waals surface area contributed by atoms with E-state index in [-0.39, 0.29) is 5.69 Å². The fraction of sp³-hybridized carbons (Fsp3) is 0.625. The molecule has 0 saturated carbocycles. The lowest BCUT2D eigenvalue weighted by Gasteiger charge is -2.02. The highest BCUT2D eigenvalue weighted by Gasteiger charge is 2.07. The Labute approximate surface area is 91.5 Å². The predicted molar refractivity (Wildman–Crippen MR) is 57.5 cm³/mol. The minimum absolute atomic E-state index is 0.204. The van der Waals surface area contributed by atoms with E-state index in [4.69, 9.17) is 11.0 Å². The van der Waals surface area contributed by atoms with Gasteiger partial charge >= 0.3 is 5.69 Å². The Bertz CT molecular complexity index is 404. The zero-order valence-electron chi connectivity index (χ0n) is 8.43.